The standard InChI is InChI=1S/C78H70BN3O3/c1-75(2,3)49-22-29-53(30-23-49)80(54-31-24-50(25-32-54)76(4,5)6)56-35-37-69-60(42-56)61-43-59-62-44-63-57-20-16-17-21-68(57)85-74(63)73-72(62)79(82(66(59)46-71(61)84-69)55-33-26-51(27-34-55)77(7,8)9)64-45-70-48(38-39-83-70)40-67(64)81(73)65-36-28-52(78(10,11)12)41-58(65)47-18-14-13-15-19-47/h13-46H,1-12H3. The van der Waals surface area contributed by atoms with Crippen LogP contribution in [0.15, 0.2) is 220 Å². The molecule has 2 aliphatic heterocycles. The van der Waals surface area contributed by atoms with E-state index in [1.54, 1.807) is 0 Å². The first-order valence-electron chi connectivity index (χ1n) is 30.1. The summed E-state index contributed by atoms with van der Waals surface area (Å²) >= 11 is 0. The van der Waals surface area contributed by atoms with Crippen molar-refractivity contribution in [1.29, 1.82) is 0 Å². The van der Waals surface area contributed by atoms with E-state index in [1.165, 1.54) is 22.3 Å². The largest absolute Gasteiger partial charge is 0.464 e. The third kappa shape index (κ3) is 8.51. The van der Waals surface area contributed by atoms with Gasteiger partial charge in [-0.1, -0.05) is 174 Å². The quantitative estimate of drug-likeness (QED) is 0.155. The Labute approximate surface area is 499 Å². The third-order valence-corrected chi connectivity index (χ3v) is 18.1. The minimum atomic E-state index is -0.332. The fraction of sp³-hybridized carbons (Fsp3) is 0.205. The van der Waals surface area contributed by atoms with Crippen molar-refractivity contribution in [3.8, 4) is 22.3 Å². The lowest BCUT2D eigenvalue weighted by molar-refractivity contribution is 0.590. The lowest BCUT2D eigenvalue weighted by Crippen LogP contribution is -2.61. The maximum atomic E-state index is 7.34. The van der Waals surface area contributed by atoms with E-state index in [-0.39, 0.29) is 28.5 Å². The Kier molecular flexibility index (Phi) is 11.5. The zero-order valence-corrected chi connectivity index (χ0v) is 50.8. The van der Waals surface area contributed by atoms with Gasteiger partial charge < -0.3 is 27.9 Å². The van der Waals surface area contributed by atoms with Crippen molar-refractivity contribution in [2.75, 3.05) is 14.6 Å². The molecular formula is C78H70BN3O3. The molecule has 0 atom stereocenters. The predicted molar refractivity (Wildman–Crippen MR) is 359 cm³/mol. The minimum absolute atomic E-state index is 0.0157. The average Bonchev–Trinajstić information content (AvgIpc) is 1.88. The lowest BCUT2D eigenvalue weighted by atomic mass is 9.43. The predicted octanol–water partition coefficient (Wildman–Crippen LogP) is 21.3. The second-order valence-electron chi connectivity index (χ2n) is 27.9. The lowest BCUT2D eigenvalue weighted by Gasteiger charge is -2.46. The van der Waals surface area contributed by atoms with Gasteiger partial charge in [0.25, 0.3) is 0 Å². The molecule has 0 fully saturated rings. The molecule has 0 spiro atoms. The van der Waals surface area contributed by atoms with Crippen LogP contribution >= 0.6 is 0 Å². The smallest absolute Gasteiger partial charge is 0.333 e. The van der Waals surface area contributed by atoms with Crippen molar-refractivity contribution < 1.29 is 13.3 Å². The van der Waals surface area contributed by atoms with Crippen LogP contribution in [0, 0.1) is 0 Å². The molecule has 0 radical (unpaired) electrons. The van der Waals surface area contributed by atoms with Gasteiger partial charge in [-0.3, -0.25) is 0 Å². The van der Waals surface area contributed by atoms with Gasteiger partial charge in [0.2, 0.25) is 0 Å². The molecule has 0 N–H and O–H groups in total. The fourth-order valence-electron chi connectivity index (χ4n) is 13.4. The molecule has 85 heavy (non-hydrogen) atoms. The van der Waals surface area contributed by atoms with E-state index in [0.29, 0.717) is 0 Å². The van der Waals surface area contributed by atoms with Gasteiger partial charge in [0.15, 0.2) is 5.58 Å². The fourth-order valence-corrected chi connectivity index (χ4v) is 13.4. The molecular weight excluding hydrogens is 1040 g/mol. The number of fused-ring (bicyclic) bond motifs is 12. The molecule has 6 nitrogen and oxygen atoms in total. The van der Waals surface area contributed by atoms with E-state index in [0.717, 1.165) is 134 Å². The summed E-state index contributed by atoms with van der Waals surface area (Å²) in [5, 5.41) is 5.25. The number of anilines is 8. The van der Waals surface area contributed by atoms with Crippen molar-refractivity contribution in [1.82, 2.24) is 0 Å². The maximum absolute atomic E-state index is 7.34. The number of hydrogen-bond donors (Lipinski definition) is 0. The second-order valence-corrected chi connectivity index (χ2v) is 27.9. The molecule has 15 rings (SSSR count). The van der Waals surface area contributed by atoms with Crippen molar-refractivity contribution >= 4 is 118 Å². The van der Waals surface area contributed by atoms with Crippen LogP contribution in [-0.2, 0) is 21.7 Å². The molecule has 0 amide bonds. The first-order chi connectivity index (χ1) is 40.7. The summed E-state index contributed by atoms with van der Waals surface area (Å²) in [4.78, 5) is 7.48. The Morgan fingerprint density at radius 2 is 0.965 bits per heavy atom. The SMILES string of the molecule is CC(C)(C)c1ccc(N2B3c4cc5occc5cc4N(c4ccc(C(C)(C)C)cc4-c4ccccc4)c4c3c(cc3c4oc4ccccc43)-c3cc4c(cc32)oc2ccc(N(c3ccc(C(C)(C)C)cc3)c3ccc(C(C)(C)C)cc3)cc24)cc1. The van der Waals surface area contributed by atoms with Gasteiger partial charge in [-0.2, -0.15) is 0 Å². The van der Waals surface area contributed by atoms with Crippen LogP contribution in [0.3, 0.4) is 0 Å². The van der Waals surface area contributed by atoms with E-state index >= 15 is 0 Å². The third-order valence-electron chi connectivity index (χ3n) is 18.1. The van der Waals surface area contributed by atoms with Crippen LogP contribution in [0.2, 0.25) is 0 Å². The maximum Gasteiger partial charge on any atom is 0.333 e. The van der Waals surface area contributed by atoms with E-state index < -0.39 is 0 Å². The van der Waals surface area contributed by atoms with E-state index in [2.05, 4.69) is 298 Å². The van der Waals surface area contributed by atoms with Crippen LogP contribution in [0.5, 0.6) is 0 Å². The Bertz CT molecular complexity index is 4750. The van der Waals surface area contributed by atoms with Crippen LogP contribution < -0.4 is 25.5 Å². The number of para-hydroxylation sites is 1. The molecule has 418 valence electrons. The van der Waals surface area contributed by atoms with E-state index in [1.807, 2.05) is 6.26 Å². The summed E-state index contributed by atoms with van der Waals surface area (Å²) in [6, 6.07) is 74.5. The average molecular weight is 1110 g/mol. The Morgan fingerprint density at radius 3 is 1.62 bits per heavy atom. The van der Waals surface area contributed by atoms with Gasteiger partial charge in [0.1, 0.15) is 22.3 Å². The Morgan fingerprint density at radius 1 is 0.388 bits per heavy atom. The summed E-state index contributed by atoms with van der Waals surface area (Å²) in [6.07, 6.45) is 1.82. The summed E-state index contributed by atoms with van der Waals surface area (Å²) in [5.74, 6) is 0. The molecule has 0 bridgehead atoms. The van der Waals surface area contributed by atoms with Gasteiger partial charge in [-0.25, -0.2) is 0 Å². The molecule has 0 unspecified atom stereocenters. The molecule has 0 aliphatic carbocycles. The van der Waals surface area contributed by atoms with Gasteiger partial charge >= 0.3 is 6.85 Å². The molecule has 0 saturated heterocycles. The highest BCUT2D eigenvalue weighted by Crippen LogP contribution is 2.54. The van der Waals surface area contributed by atoms with Crippen molar-refractivity contribution in [2.45, 2.75) is 105 Å². The molecule has 7 heteroatoms. The van der Waals surface area contributed by atoms with Crippen LogP contribution in [0.4, 0.5) is 45.5 Å². The van der Waals surface area contributed by atoms with Crippen molar-refractivity contribution in [3.63, 3.8) is 0 Å². The van der Waals surface area contributed by atoms with Crippen molar-refractivity contribution in [2.24, 2.45) is 0 Å². The Hall–Kier alpha value is -9.20. The topological polar surface area (TPSA) is 49.1 Å². The van der Waals surface area contributed by atoms with E-state index in [4.69, 9.17) is 13.3 Å². The summed E-state index contributed by atoms with van der Waals surface area (Å²) in [7, 11) is 0. The van der Waals surface area contributed by atoms with E-state index in [9.17, 15) is 0 Å². The first kappa shape index (κ1) is 52.6. The minimum Gasteiger partial charge on any atom is -0.464 e. The number of furan rings is 3. The van der Waals surface area contributed by atoms with Gasteiger partial charge in [-0.05, 0) is 169 Å². The van der Waals surface area contributed by atoms with Gasteiger partial charge in [0, 0.05) is 78.2 Å². The van der Waals surface area contributed by atoms with Crippen LogP contribution in [0.25, 0.3) is 77.1 Å². The van der Waals surface area contributed by atoms with Crippen LogP contribution in [0.1, 0.15) is 105 Å². The van der Waals surface area contributed by atoms with Crippen molar-refractivity contribution in [3.05, 3.63) is 229 Å². The van der Waals surface area contributed by atoms with Crippen LogP contribution in [-0.4, -0.2) is 6.85 Å². The number of rotatable bonds is 6. The number of hydrogen-bond acceptors (Lipinski definition) is 6. The zero-order valence-electron chi connectivity index (χ0n) is 50.8. The highest BCUT2D eigenvalue weighted by molar-refractivity contribution is 6.94. The Balaban J connectivity index is 1.04. The molecule has 3 aromatic heterocycles. The highest BCUT2D eigenvalue weighted by Gasteiger charge is 2.48. The molecule has 13 aromatic rings. The van der Waals surface area contributed by atoms with Gasteiger partial charge in [0.05, 0.1) is 17.6 Å². The molecule has 2 aliphatic rings. The number of nitrogens with zero attached hydrogens (tertiary/aromatic N) is 3. The zero-order chi connectivity index (χ0) is 58.6. The first-order valence-corrected chi connectivity index (χ1v) is 30.1. The second kappa shape index (κ2) is 18.7. The summed E-state index contributed by atoms with van der Waals surface area (Å²) < 4.78 is 20.9. The normalized spacial score (nSPS) is 13.6. The number of benzene rings is 10. The molecule has 10 aromatic carbocycles. The molecule has 0 saturated carbocycles. The van der Waals surface area contributed by atoms with Gasteiger partial charge in [-0.15, -0.1) is 0 Å². The summed E-state index contributed by atoms with van der Waals surface area (Å²) in [6.45, 7) is 27.1. The summed E-state index contributed by atoms with van der Waals surface area (Å²) in [5.41, 5.74) is 24.5. The monoisotopic (exact) mass is 1110 g/mol. The highest BCUT2D eigenvalue weighted by atomic mass is 16.3. The molecule has 5 heterocycles.